The number of aliphatic hydroxyl groups excluding tert-OH is 1. The average Bonchev–Trinajstić information content (AvgIpc) is 2.64. The second-order valence-electron chi connectivity index (χ2n) is 5.40. The third-order valence-corrected chi connectivity index (χ3v) is 4.05. The van der Waals surface area contributed by atoms with E-state index in [0.29, 0.717) is 18.4 Å². The van der Waals surface area contributed by atoms with E-state index in [9.17, 15) is 0 Å². The first kappa shape index (κ1) is 13.5. The van der Waals surface area contributed by atoms with Gasteiger partial charge in [0, 0.05) is 37.4 Å². The molecular formula is C16H21N3O. The summed E-state index contributed by atoms with van der Waals surface area (Å²) in [5, 5.41) is 12.2. The van der Waals surface area contributed by atoms with Crippen LogP contribution < -0.4 is 5.32 Å². The van der Waals surface area contributed by atoms with E-state index in [4.69, 9.17) is 10.1 Å². The number of nitrogens with one attached hydrogen (secondary N) is 1. The van der Waals surface area contributed by atoms with Gasteiger partial charge in [0.2, 0.25) is 0 Å². The molecule has 20 heavy (non-hydrogen) atoms. The fraction of sp³-hybridized carbons (Fsp3) is 0.500. The third kappa shape index (κ3) is 2.81. The molecule has 0 saturated heterocycles. The quantitative estimate of drug-likeness (QED) is 0.601. The minimum atomic E-state index is -0.0259. The Balaban J connectivity index is 1.86. The summed E-state index contributed by atoms with van der Waals surface area (Å²) >= 11 is 0. The van der Waals surface area contributed by atoms with Gasteiger partial charge in [0.25, 0.3) is 0 Å². The molecule has 4 nitrogen and oxygen atoms in total. The number of allylic oxidation sites excluding steroid dienone is 5. The van der Waals surface area contributed by atoms with Gasteiger partial charge in [-0.2, -0.15) is 0 Å². The fourth-order valence-electron chi connectivity index (χ4n) is 3.05. The summed E-state index contributed by atoms with van der Waals surface area (Å²) in [5.41, 5.74) is 2.50. The number of fused-ring (bicyclic) bond motifs is 2. The summed E-state index contributed by atoms with van der Waals surface area (Å²) in [6, 6.07) is 0. The van der Waals surface area contributed by atoms with E-state index in [2.05, 4.69) is 40.7 Å². The van der Waals surface area contributed by atoms with Crippen molar-refractivity contribution in [1.29, 1.82) is 0 Å². The van der Waals surface area contributed by atoms with Crippen LogP contribution in [-0.4, -0.2) is 42.9 Å². The first-order chi connectivity index (χ1) is 9.88. The summed E-state index contributed by atoms with van der Waals surface area (Å²) in [6.07, 6.45) is 14.9. The number of rotatable bonds is 4. The molecule has 2 heterocycles. The number of aliphatic imine (C=N–C) groups is 2. The molecule has 0 aromatic carbocycles. The van der Waals surface area contributed by atoms with E-state index < -0.39 is 0 Å². The number of dihydropyridines is 1. The molecule has 3 rings (SSSR count). The molecule has 0 spiro atoms. The van der Waals surface area contributed by atoms with Crippen molar-refractivity contribution in [3.8, 4) is 0 Å². The molecule has 106 valence electrons. The maximum absolute atomic E-state index is 8.91. The Morgan fingerprint density at radius 2 is 2.20 bits per heavy atom. The summed E-state index contributed by atoms with van der Waals surface area (Å²) < 4.78 is 0. The van der Waals surface area contributed by atoms with E-state index in [1.165, 1.54) is 5.57 Å². The number of nitrogens with zero attached hydrogens (tertiary/aromatic N) is 2. The Morgan fingerprint density at radius 1 is 1.30 bits per heavy atom. The largest absolute Gasteiger partial charge is 0.395 e. The highest BCUT2D eigenvalue weighted by molar-refractivity contribution is 5.91. The van der Waals surface area contributed by atoms with Crippen LogP contribution in [0.2, 0.25) is 0 Å². The average molecular weight is 271 g/mol. The zero-order valence-corrected chi connectivity index (χ0v) is 11.6. The Hall–Kier alpha value is -1.52. The lowest BCUT2D eigenvalue weighted by Gasteiger charge is -2.24. The first-order valence-corrected chi connectivity index (χ1v) is 7.32. The molecule has 0 fully saturated rings. The van der Waals surface area contributed by atoms with Gasteiger partial charge in [-0.3, -0.25) is 9.98 Å². The number of hydrogen-bond acceptors (Lipinski definition) is 4. The zero-order valence-electron chi connectivity index (χ0n) is 11.6. The standard InChI is InChI=1S/C16H21N3O/c20-9-8-17-11-15-14-6-2-1-4-12(14)10-13-5-3-7-18-16(13)19-15/h1-2,4-7,12,14,16-17,20H,3,8-11H2. The van der Waals surface area contributed by atoms with E-state index in [-0.39, 0.29) is 12.8 Å². The smallest absolute Gasteiger partial charge is 0.160 e. The maximum atomic E-state index is 8.91. The number of hydrogen-bond donors (Lipinski definition) is 2. The molecule has 3 unspecified atom stereocenters. The predicted octanol–water partition coefficient (Wildman–Crippen LogP) is 1.50. The maximum Gasteiger partial charge on any atom is 0.160 e. The van der Waals surface area contributed by atoms with Crippen LogP contribution in [0.3, 0.4) is 0 Å². The van der Waals surface area contributed by atoms with Crippen LogP contribution >= 0.6 is 0 Å². The highest BCUT2D eigenvalue weighted by Gasteiger charge is 2.30. The molecule has 0 amide bonds. The molecule has 4 heteroatoms. The SMILES string of the molecule is OCCNCC1=NC2N=CCC=C2CC2C=CC=CC12. The molecule has 1 aliphatic carbocycles. The molecule has 0 bridgehead atoms. The topological polar surface area (TPSA) is 57.0 Å². The van der Waals surface area contributed by atoms with Crippen molar-refractivity contribution < 1.29 is 5.11 Å². The van der Waals surface area contributed by atoms with Gasteiger partial charge in [0.15, 0.2) is 6.17 Å². The van der Waals surface area contributed by atoms with Gasteiger partial charge in [0.05, 0.1) is 6.61 Å². The monoisotopic (exact) mass is 271 g/mol. The van der Waals surface area contributed by atoms with Crippen LogP contribution in [0.25, 0.3) is 0 Å². The second-order valence-corrected chi connectivity index (χ2v) is 5.40. The van der Waals surface area contributed by atoms with Crippen molar-refractivity contribution in [3.05, 3.63) is 36.0 Å². The van der Waals surface area contributed by atoms with Crippen LogP contribution in [0.5, 0.6) is 0 Å². The van der Waals surface area contributed by atoms with Crippen LogP contribution in [-0.2, 0) is 0 Å². The van der Waals surface area contributed by atoms with Crippen molar-refractivity contribution >= 4 is 11.9 Å². The van der Waals surface area contributed by atoms with Crippen molar-refractivity contribution in [1.82, 2.24) is 5.32 Å². The van der Waals surface area contributed by atoms with Crippen molar-refractivity contribution in [2.75, 3.05) is 19.7 Å². The summed E-state index contributed by atoms with van der Waals surface area (Å²) in [5.74, 6) is 0.840. The van der Waals surface area contributed by atoms with Crippen LogP contribution in [0.4, 0.5) is 0 Å². The van der Waals surface area contributed by atoms with Crippen LogP contribution in [0, 0.1) is 11.8 Å². The summed E-state index contributed by atoms with van der Waals surface area (Å²) in [4.78, 5) is 9.42. The van der Waals surface area contributed by atoms with E-state index in [0.717, 1.165) is 25.1 Å². The minimum absolute atomic E-state index is 0.0259. The first-order valence-electron chi connectivity index (χ1n) is 7.32. The lowest BCUT2D eigenvalue weighted by atomic mass is 9.81. The molecule has 0 radical (unpaired) electrons. The predicted molar refractivity (Wildman–Crippen MR) is 82.2 cm³/mol. The normalized spacial score (nSPS) is 31.1. The minimum Gasteiger partial charge on any atom is -0.395 e. The van der Waals surface area contributed by atoms with Gasteiger partial charge >= 0.3 is 0 Å². The van der Waals surface area contributed by atoms with E-state index in [1.807, 2.05) is 6.21 Å². The molecule has 2 N–H and O–H groups in total. The van der Waals surface area contributed by atoms with Gasteiger partial charge in [-0.25, -0.2) is 0 Å². The Morgan fingerprint density at radius 3 is 3.10 bits per heavy atom. The van der Waals surface area contributed by atoms with Crippen molar-refractivity contribution in [3.63, 3.8) is 0 Å². The molecule has 0 saturated carbocycles. The number of aliphatic hydroxyl groups is 1. The van der Waals surface area contributed by atoms with Crippen molar-refractivity contribution in [2.24, 2.45) is 21.8 Å². The lowest BCUT2D eigenvalue weighted by Crippen LogP contribution is -2.32. The highest BCUT2D eigenvalue weighted by atomic mass is 16.3. The molecule has 3 aliphatic rings. The fourth-order valence-corrected chi connectivity index (χ4v) is 3.05. The van der Waals surface area contributed by atoms with E-state index >= 15 is 0 Å². The Kier molecular flexibility index (Phi) is 4.23. The molecule has 0 aromatic rings. The van der Waals surface area contributed by atoms with Crippen LogP contribution in [0.15, 0.2) is 45.9 Å². The van der Waals surface area contributed by atoms with Gasteiger partial charge < -0.3 is 10.4 Å². The van der Waals surface area contributed by atoms with E-state index in [1.54, 1.807) is 0 Å². The Bertz CT molecular complexity index is 502. The van der Waals surface area contributed by atoms with Crippen LogP contribution in [0.1, 0.15) is 12.8 Å². The van der Waals surface area contributed by atoms with Gasteiger partial charge in [-0.1, -0.05) is 30.4 Å². The molecule has 3 atom stereocenters. The Labute approximate surface area is 119 Å². The zero-order chi connectivity index (χ0) is 13.8. The highest BCUT2D eigenvalue weighted by Crippen LogP contribution is 2.34. The summed E-state index contributed by atoms with van der Waals surface area (Å²) in [7, 11) is 0. The molecule has 2 aliphatic heterocycles. The molecular weight excluding hydrogens is 250 g/mol. The molecule has 0 aromatic heterocycles. The van der Waals surface area contributed by atoms with Gasteiger partial charge in [-0.15, -0.1) is 0 Å². The third-order valence-electron chi connectivity index (χ3n) is 4.05. The van der Waals surface area contributed by atoms with Gasteiger partial charge in [0.1, 0.15) is 0 Å². The second kappa shape index (κ2) is 6.29. The lowest BCUT2D eigenvalue weighted by molar-refractivity contribution is 0.295. The van der Waals surface area contributed by atoms with Crippen molar-refractivity contribution in [2.45, 2.75) is 19.0 Å². The summed E-state index contributed by atoms with van der Waals surface area (Å²) in [6.45, 7) is 1.48. The van der Waals surface area contributed by atoms with Gasteiger partial charge in [-0.05, 0) is 17.9 Å².